The summed E-state index contributed by atoms with van der Waals surface area (Å²) in [6.07, 6.45) is 3.23. The molecule has 0 aliphatic carbocycles. The number of nitrogen functional groups attached to an aromatic ring is 1. The molecule has 0 radical (unpaired) electrons. The molecular formula is C13H23N5O. The lowest BCUT2D eigenvalue weighted by Gasteiger charge is -2.23. The predicted octanol–water partition coefficient (Wildman–Crippen LogP) is 1.86. The van der Waals surface area contributed by atoms with Crippen molar-refractivity contribution in [3.63, 3.8) is 0 Å². The molecule has 106 valence electrons. The molecule has 1 fully saturated rings. The molecule has 1 aromatic rings. The molecule has 2 rings (SSSR count). The molecule has 6 heteroatoms. The fraction of sp³-hybridized carbons (Fsp3) is 0.692. The second-order valence-corrected chi connectivity index (χ2v) is 5.18. The van der Waals surface area contributed by atoms with Gasteiger partial charge in [-0.05, 0) is 26.2 Å². The Morgan fingerprint density at radius 1 is 1.37 bits per heavy atom. The Morgan fingerprint density at radius 2 is 2.11 bits per heavy atom. The van der Waals surface area contributed by atoms with Crippen LogP contribution in [0.25, 0.3) is 0 Å². The summed E-state index contributed by atoms with van der Waals surface area (Å²) in [6, 6.07) is 1.88. The lowest BCUT2D eigenvalue weighted by atomic mass is 10.0. The van der Waals surface area contributed by atoms with Crippen molar-refractivity contribution in [1.29, 1.82) is 0 Å². The Kier molecular flexibility index (Phi) is 4.42. The number of ether oxygens (including phenoxy) is 1. The molecule has 1 saturated heterocycles. The fourth-order valence-corrected chi connectivity index (χ4v) is 2.15. The van der Waals surface area contributed by atoms with Crippen molar-refractivity contribution in [3.8, 4) is 0 Å². The third kappa shape index (κ3) is 3.96. The molecule has 19 heavy (non-hydrogen) atoms. The summed E-state index contributed by atoms with van der Waals surface area (Å²) in [4.78, 5) is 8.35. The molecule has 1 atom stereocenters. The van der Waals surface area contributed by atoms with Gasteiger partial charge in [0.05, 0.1) is 5.60 Å². The van der Waals surface area contributed by atoms with E-state index < -0.39 is 0 Å². The van der Waals surface area contributed by atoms with Gasteiger partial charge in [-0.3, -0.25) is 0 Å². The van der Waals surface area contributed by atoms with Crippen molar-refractivity contribution in [1.82, 2.24) is 9.97 Å². The first-order valence-electron chi connectivity index (χ1n) is 6.87. The van der Waals surface area contributed by atoms with E-state index in [1.54, 1.807) is 0 Å². The Balaban J connectivity index is 1.97. The van der Waals surface area contributed by atoms with Gasteiger partial charge < -0.3 is 21.1 Å². The van der Waals surface area contributed by atoms with Gasteiger partial charge in [0, 0.05) is 25.8 Å². The quantitative estimate of drug-likeness (QED) is 0.728. The highest BCUT2D eigenvalue weighted by Crippen LogP contribution is 2.25. The molecule has 1 aliphatic rings. The molecule has 0 amide bonds. The standard InChI is InChI=1S/C13H23N5O/c1-3-6-15-10-8-11(18-12(14)17-10)16-9-13(2)5-4-7-19-13/h8H,3-7,9H2,1-2H3,(H4,14,15,16,17,18). The lowest BCUT2D eigenvalue weighted by Crippen LogP contribution is -2.32. The van der Waals surface area contributed by atoms with Gasteiger partial charge in [0.25, 0.3) is 0 Å². The highest BCUT2D eigenvalue weighted by Gasteiger charge is 2.29. The third-order valence-corrected chi connectivity index (χ3v) is 3.24. The van der Waals surface area contributed by atoms with Crippen molar-refractivity contribution in [2.24, 2.45) is 0 Å². The average molecular weight is 265 g/mol. The van der Waals surface area contributed by atoms with E-state index in [0.717, 1.165) is 50.6 Å². The van der Waals surface area contributed by atoms with Crippen LogP contribution < -0.4 is 16.4 Å². The highest BCUT2D eigenvalue weighted by atomic mass is 16.5. The lowest BCUT2D eigenvalue weighted by molar-refractivity contribution is 0.0315. The van der Waals surface area contributed by atoms with Gasteiger partial charge in [-0.15, -0.1) is 0 Å². The summed E-state index contributed by atoms with van der Waals surface area (Å²) >= 11 is 0. The van der Waals surface area contributed by atoms with Crippen molar-refractivity contribution < 1.29 is 4.74 Å². The Bertz CT molecular complexity index is 417. The molecule has 0 bridgehead atoms. The zero-order valence-electron chi connectivity index (χ0n) is 11.7. The number of rotatable bonds is 6. The summed E-state index contributed by atoms with van der Waals surface area (Å²) in [5.41, 5.74) is 5.61. The summed E-state index contributed by atoms with van der Waals surface area (Å²) in [6.45, 7) is 6.67. The van der Waals surface area contributed by atoms with Crippen LogP contribution in [0.2, 0.25) is 0 Å². The molecule has 6 nitrogen and oxygen atoms in total. The van der Waals surface area contributed by atoms with Crippen LogP contribution in [0.15, 0.2) is 6.07 Å². The van der Waals surface area contributed by atoms with Crippen molar-refractivity contribution >= 4 is 17.6 Å². The fourth-order valence-electron chi connectivity index (χ4n) is 2.15. The normalized spacial score (nSPS) is 22.4. The van der Waals surface area contributed by atoms with Crippen molar-refractivity contribution in [3.05, 3.63) is 6.07 Å². The summed E-state index contributed by atoms with van der Waals surface area (Å²) in [5.74, 6) is 1.78. The maximum atomic E-state index is 5.73. The molecule has 0 saturated carbocycles. The van der Waals surface area contributed by atoms with Crippen LogP contribution in [0.3, 0.4) is 0 Å². The number of nitrogens with zero attached hydrogens (tertiary/aromatic N) is 2. The zero-order chi connectivity index (χ0) is 13.7. The Labute approximate surface area is 114 Å². The van der Waals surface area contributed by atoms with Gasteiger partial charge in [0.2, 0.25) is 5.95 Å². The summed E-state index contributed by atoms with van der Waals surface area (Å²) in [5, 5.41) is 6.50. The van der Waals surface area contributed by atoms with E-state index in [-0.39, 0.29) is 11.5 Å². The molecule has 2 heterocycles. The van der Waals surface area contributed by atoms with E-state index in [9.17, 15) is 0 Å². The number of hydrogen-bond acceptors (Lipinski definition) is 6. The van der Waals surface area contributed by atoms with Crippen LogP contribution in [-0.4, -0.2) is 35.3 Å². The molecule has 1 aliphatic heterocycles. The highest BCUT2D eigenvalue weighted by molar-refractivity contribution is 5.51. The molecule has 0 aromatic carbocycles. The van der Waals surface area contributed by atoms with Gasteiger partial charge >= 0.3 is 0 Å². The van der Waals surface area contributed by atoms with Gasteiger partial charge in [0.15, 0.2) is 0 Å². The van der Waals surface area contributed by atoms with Crippen LogP contribution in [0.5, 0.6) is 0 Å². The zero-order valence-corrected chi connectivity index (χ0v) is 11.7. The first kappa shape index (κ1) is 13.9. The Morgan fingerprint density at radius 3 is 2.74 bits per heavy atom. The SMILES string of the molecule is CCCNc1cc(NCC2(C)CCCO2)nc(N)n1. The van der Waals surface area contributed by atoms with E-state index in [1.807, 2.05) is 6.07 Å². The molecule has 0 spiro atoms. The van der Waals surface area contributed by atoms with Crippen molar-refractivity contribution in [2.75, 3.05) is 36.1 Å². The van der Waals surface area contributed by atoms with Crippen LogP contribution in [-0.2, 0) is 4.74 Å². The Hall–Kier alpha value is -1.56. The van der Waals surface area contributed by atoms with E-state index in [4.69, 9.17) is 10.5 Å². The molecule has 1 unspecified atom stereocenters. The van der Waals surface area contributed by atoms with Gasteiger partial charge in [0.1, 0.15) is 11.6 Å². The smallest absolute Gasteiger partial charge is 0.223 e. The van der Waals surface area contributed by atoms with Crippen molar-refractivity contribution in [2.45, 2.75) is 38.7 Å². The summed E-state index contributed by atoms with van der Waals surface area (Å²) in [7, 11) is 0. The number of nitrogens with one attached hydrogen (secondary N) is 2. The van der Waals surface area contributed by atoms with E-state index >= 15 is 0 Å². The van der Waals surface area contributed by atoms with Crippen LogP contribution in [0, 0.1) is 0 Å². The van der Waals surface area contributed by atoms with Crippen LogP contribution >= 0.6 is 0 Å². The number of aromatic nitrogens is 2. The van der Waals surface area contributed by atoms with Gasteiger partial charge in [-0.25, -0.2) is 0 Å². The minimum Gasteiger partial charge on any atom is -0.373 e. The van der Waals surface area contributed by atoms with Gasteiger partial charge in [-0.1, -0.05) is 6.92 Å². The van der Waals surface area contributed by atoms with Crippen LogP contribution in [0.1, 0.15) is 33.1 Å². The van der Waals surface area contributed by atoms with E-state index in [2.05, 4.69) is 34.4 Å². The first-order valence-corrected chi connectivity index (χ1v) is 6.87. The maximum absolute atomic E-state index is 5.73. The van der Waals surface area contributed by atoms with E-state index in [1.165, 1.54) is 0 Å². The minimum atomic E-state index is -0.100. The number of anilines is 3. The second kappa shape index (κ2) is 6.06. The number of nitrogens with two attached hydrogens (primary N) is 1. The largest absolute Gasteiger partial charge is 0.373 e. The molecule has 1 aromatic heterocycles. The van der Waals surface area contributed by atoms with Crippen LogP contribution in [0.4, 0.5) is 17.6 Å². The monoisotopic (exact) mass is 265 g/mol. The third-order valence-electron chi connectivity index (χ3n) is 3.24. The topological polar surface area (TPSA) is 85.1 Å². The van der Waals surface area contributed by atoms with E-state index in [0.29, 0.717) is 0 Å². The summed E-state index contributed by atoms with van der Waals surface area (Å²) < 4.78 is 5.73. The van der Waals surface area contributed by atoms with Gasteiger partial charge in [-0.2, -0.15) is 9.97 Å². The maximum Gasteiger partial charge on any atom is 0.223 e. The molecular weight excluding hydrogens is 242 g/mol. The second-order valence-electron chi connectivity index (χ2n) is 5.18. The number of hydrogen-bond donors (Lipinski definition) is 3. The minimum absolute atomic E-state index is 0.100. The molecule has 4 N–H and O–H groups in total. The predicted molar refractivity (Wildman–Crippen MR) is 77.3 cm³/mol. The first-order chi connectivity index (χ1) is 9.11. The average Bonchev–Trinajstić information content (AvgIpc) is 2.81.